The number of amides is 1. The summed E-state index contributed by atoms with van der Waals surface area (Å²) in [6, 6.07) is 14.4. The molecule has 2 aromatic carbocycles. The van der Waals surface area contributed by atoms with Gasteiger partial charge in [-0.2, -0.15) is 0 Å². The SMILES string of the molecule is Cc1cc(OCC(=O)Nc2cccc(-c3ccc(CO)o3)c2)cc(C)c1Cl. The maximum absolute atomic E-state index is 12.2. The third kappa shape index (κ3) is 4.70. The first-order chi connectivity index (χ1) is 13.0. The highest BCUT2D eigenvalue weighted by Gasteiger charge is 2.09. The lowest BCUT2D eigenvalue weighted by atomic mass is 10.1. The molecule has 1 aromatic heterocycles. The molecule has 0 aliphatic carbocycles. The molecule has 0 aliphatic heterocycles. The summed E-state index contributed by atoms with van der Waals surface area (Å²) in [6.07, 6.45) is 0. The Labute approximate surface area is 162 Å². The van der Waals surface area contributed by atoms with Gasteiger partial charge < -0.3 is 19.6 Å². The quantitative estimate of drug-likeness (QED) is 0.643. The van der Waals surface area contributed by atoms with Crippen molar-refractivity contribution in [1.29, 1.82) is 0 Å². The van der Waals surface area contributed by atoms with Crippen LogP contribution in [0.5, 0.6) is 5.75 Å². The summed E-state index contributed by atoms with van der Waals surface area (Å²) in [5.41, 5.74) is 3.24. The van der Waals surface area contributed by atoms with Crippen LogP contribution in [-0.4, -0.2) is 17.6 Å². The number of anilines is 1. The maximum atomic E-state index is 12.2. The molecule has 1 amide bonds. The third-order valence-electron chi connectivity index (χ3n) is 4.03. The molecule has 6 heteroatoms. The van der Waals surface area contributed by atoms with Crippen molar-refractivity contribution in [2.24, 2.45) is 0 Å². The molecule has 1 heterocycles. The lowest BCUT2D eigenvalue weighted by Crippen LogP contribution is -2.20. The number of benzene rings is 2. The molecule has 0 fully saturated rings. The van der Waals surface area contributed by atoms with E-state index >= 15 is 0 Å². The third-order valence-corrected chi connectivity index (χ3v) is 4.62. The zero-order chi connectivity index (χ0) is 19.4. The summed E-state index contributed by atoms with van der Waals surface area (Å²) in [7, 11) is 0. The Kier molecular flexibility index (Phi) is 5.84. The largest absolute Gasteiger partial charge is 0.484 e. The van der Waals surface area contributed by atoms with Crippen LogP contribution in [0.15, 0.2) is 52.9 Å². The first kappa shape index (κ1) is 19.0. The Hall–Kier alpha value is -2.76. The molecule has 0 saturated carbocycles. The number of halogens is 1. The molecule has 0 spiro atoms. The highest BCUT2D eigenvalue weighted by Crippen LogP contribution is 2.26. The van der Waals surface area contributed by atoms with Crippen molar-refractivity contribution in [1.82, 2.24) is 0 Å². The van der Waals surface area contributed by atoms with Crippen LogP contribution in [0.3, 0.4) is 0 Å². The second kappa shape index (κ2) is 8.29. The summed E-state index contributed by atoms with van der Waals surface area (Å²) in [5.74, 6) is 1.44. The molecule has 0 radical (unpaired) electrons. The highest BCUT2D eigenvalue weighted by atomic mass is 35.5. The number of aliphatic hydroxyl groups excluding tert-OH is 1. The molecule has 3 aromatic rings. The Bertz CT molecular complexity index is 941. The van der Waals surface area contributed by atoms with E-state index in [2.05, 4.69) is 5.32 Å². The fourth-order valence-corrected chi connectivity index (χ4v) is 2.81. The number of carbonyl (C=O) groups excluding carboxylic acids is 1. The number of nitrogens with one attached hydrogen (secondary N) is 1. The van der Waals surface area contributed by atoms with E-state index in [-0.39, 0.29) is 19.1 Å². The lowest BCUT2D eigenvalue weighted by Gasteiger charge is -2.11. The number of aryl methyl sites for hydroxylation is 2. The topological polar surface area (TPSA) is 71.7 Å². The van der Waals surface area contributed by atoms with E-state index in [4.69, 9.17) is 25.9 Å². The van der Waals surface area contributed by atoms with Crippen molar-refractivity contribution in [3.8, 4) is 17.1 Å². The predicted octanol–water partition coefficient (Wildman–Crippen LogP) is 4.73. The van der Waals surface area contributed by atoms with E-state index in [0.29, 0.717) is 28.0 Å². The van der Waals surface area contributed by atoms with Crippen LogP contribution in [0, 0.1) is 13.8 Å². The Morgan fingerprint density at radius 3 is 2.56 bits per heavy atom. The van der Waals surface area contributed by atoms with Gasteiger partial charge in [-0.25, -0.2) is 0 Å². The molecule has 0 bridgehead atoms. The number of hydrogen-bond acceptors (Lipinski definition) is 4. The second-order valence-corrected chi connectivity index (χ2v) is 6.59. The molecule has 0 aliphatic rings. The molecule has 0 unspecified atom stereocenters. The molecule has 3 rings (SSSR count). The lowest BCUT2D eigenvalue weighted by molar-refractivity contribution is -0.118. The van der Waals surface area contributed by atoms with Crippen LogP contribution in [0.2, 0.25) is 5.02 Å². The van der Waals surface area contributed by atoms with E-state index in [9.17, 15) is 4.79 Å². The van der Waals surface area contributed by atoms with E-state index in [1.165, 1.54) is 0 Å². The van der Waals surface area contributed by atoms with Crippen molar-refractivity contribution >= 4 is 23.2 Å². The molecule has 140 valence electrons. The van der Waals surface area contributed by atoms with E-state index in [1.54, 1.807) is 36.4 Å². The number of hydrogen-bond donors (Lipinski definition) is 2. The summed E-state index contributed by atoms with van der Waals surface area (Å²) in [4.78, 5) is 12.2. The Balaban J connectivity index is 1.63. The van der Waals surface area contributed by atoms with Gasteiger partial charge in [-0.15, -0.1) is 0 Å². The Morgan fingerprint density at radius 2 is 1.89 bits per heavy atom. The van der Waals surface area contributed by atoms with Crippen LogP contribution < -0.4 is 10.1 Å². The van der Waals surface area contributed by atoms with Crippen LogP contribution in [0.25, 0.3) is 11.3 Å². The van der Waals surface area contributed by atoms with Gasteiger partial charge in [0.05, 0.1) is 0 Å². The van der Waals surface area contributed by atoms with Crippen LogP contribution in [-0.2, 0) is 11.4 Å². The van der Waals surface area contributed by atoms with E-state index in [1.807, 2.05) is 26.0 Å². The Morgan fingerprint density at radius 1 is 1.15 bits per heavy atom. The molecule has 0 atom stereocenters. The van der Waals surface area contributed by atoms with Crippen LogP contribution in [0.1, 0.15) is 16.9 Å². The number of furan rings is 1. The maximum Gasteiger partial charge on any atom is 0.262 e. The fourth-order valence-electron chi connectivity index (χ4n) is 2.70. The van der Waals surface area contributed by atoms with Crippen molar-refractivity contribution in [2.45, 2.75) is 20.5 Å². The van der Waals surface area contributed by atoms with Gasteiger partial charge in [0.15, 0.2) is 6.61 Å². The minimum absolute atomic E-state index is 0.111. The number of ether oxygens (including phenoxy) is 1. The van der Waals surface area contributed by atoms with Gasteiger partial charge in [-0.05, 0) is 61.4 Å². The van der Waals surface area contributed by atoms with Crippen LogP contribution >= 0.6 is 11.6 Å². The molecular formula is C21H20ClNO4. The smallest absolute Gasteiger partial charge is 0.262 e. The second-order valence-electron chi connectivity index (χ2n) is 6.21. The van der Waals surface area contributed by atoms with Crippen molar-refractivity contribution < 1.29 is 19.1 Å². The van der Waals surface area contributed by atoms with Gasteiger partial charge >= 0.3 is 0 Å². The van der Waals surface area contributed by atoms with Gasteiger partial charge in [0, 0.05) is 16.3 Å². The minimum Gasteiger partial charge on any atom is -0.484 e. The summed E-state index contributed by atoms with van der Waals surface area (Å²) in [6.45, 7) is 3.52. The summed E-state index contributed by atoms with van der Waals surface area (Å²) < 4.78 is 11.1. The van der Waals surface area contributed by atoms with Crippen LogP contribution in [0.4, 0.5) is 5.69 Å². The average molecular weight is 386 g/mol. The van der Waals surface area contributed by atoms with Crippen molar-refractivity contribution in [3.05, 3.63) is 70.4 Å². The van der Waals surface area contributed by atoms with Crippen molar-refractivity contribution in [3.63, 3.8) is 0 Å². The zero-order valence-electron chi connectivity index (χ0n) is 15.1. The first-order valence-electron chi connectivity index (χ1n) is 8.45. The minimum atomic E-state index is -0.270. The van der Waals surface area contributed by atoms with Gasteiger partial charge in [0.1, 0.15) is 23.9 Å². The van der Waals surface area contributed by atoms with Crippen molar-refractivity contribution in [2.75, 3.05) is 11.9 Å². The van der Waals surface area contributed by atoms with Gasteiger partial charge in [-0.3, -0.25) is 4.79 Å². The van der Waals surface area contributed by atoms with Gasteiger partial charge in [0.25, 0.3) is 5.91 Å². The monoisotopic (exact) mass is 385 g/mol. The highest BCUT2D eigenvalue weighted by molar-refractivity contribution is 6.32. The van der Waals surface area contributed by atoms with E-state index < -0.39 is 0 Å². The van der Waals surface area contributed by atoms with E-state index in [0.717, 1.165) is 16.7 Å². The molecule has 27 heavy (non-hydrogen) atoms. The number of carbonyl (C=O) groups is 1. The fraction of sp³-hybridized carbons (Fsp3) is 0.190. The molecule has 2 N–H and O–H groups in total. The molecular weight excluding hydrogens is 366 g/mol. The zero-order valence-corrected chi connectivity index (χ0v) is 15.8. The number of aliphatic hydroxyl groups is 1. The standard InChI is InChI=1S/C21H20ClNO4/c1-13-8-18(9-14(2)21(13)22)26-12-20(25)23-16-5-3-4-15(10-16)19-7-6-17(11-24)27-19/h3-10,24H,11-12H2,1-2H3,(H,23,25). The normalized spacial score (nSPS) is 10.7. The molecule has 0 saturated heterocycles. The molecule has 5 nitrogen and oxygen atoms in total. The van der Waals surface area contributed by atoms with Gasteiger partial charge in [-0.1, -0.05) is 23.7 Å². The summed E-state index contributed by atoms with van der Waals surface area (Å²) >= 11 is 6.14. The predicted molar refractivity (Wildman–Crippen MR) is 105 cm³/mol. The summed E-state index contributed by atoms with van der Waals surface area (Å²) in [5, 5.41) is 12.6. The van der Waals surface area contributed by atoms with Gasteiger partial charge in [0.2, 0.25) is 0 Å². The average Bonchev–Trinajstić information content (AvgIpc) is 3.14. The first-order valence-corrected chi connectivity index (χ1v) is 8.83. The number of rotatable bonds is 6.